The summed E-state index contributed by atoms with van der Waals surface area (Å²) in [4.78, 5) is 2.21. The summed E-state index contributed by atoms with van der Waals surface area (Å²) in [5.74, 6) is 0. The van der Waals surface area contributed by atoms with E-state index >= 15 is 0 Å². The Labute approximate surface area is 102 Å². The van der Waals surface area contributed by atoms with Gasteiger partial charge in [-0.05, 0) is 38.5 Å². The fourth-order valence-corrected chi connectivity index (χ4v) is 1.94. The van der Waals surface area contributed by atoms with Crippen LogP contribution >= 0.6 is 11.6 Å². The fourth-order valence-electron chi connectivity index (χ4n) is 1.78. The molecule has 1 atom stereocenters. The van der Waals surface area contributed by atoms with Crippen molar-refractivity contribution in [2.24, 2.45) is 0 Å². The van der Waals surface area contributed by atoms with E-state index < -0.39 is 0 Å². The van der Waals surface area contributed by atoms with E-state index in [1.165, 1.54) is 0 Å². The highest BCUT2D eigenvalue weighted by Gasteiger charge is 2.14. The number of rotatable bonds is 4. The summed E-state index contributed by atoms with van der Waals surface area (Å²) >= 11 is 5.99. The van der Waals surface area contributed by atoms with Gasteiger partial charge in [0.15, 0.2) is 0 Å². The normalized spacial score (nSPS) is 11.9. The van der Waals surface area contributed by atoms with Crippen molar-refractivity contribution in [1.29, 1.82) is 5.26 Å². The fraction of sp³-hybridized carbons (Fsp3) is 0.462. The van der Waals surface area contributed by atoms with Crippen LogP contribution in [0.2, 0.25) is 5.02 Å². The van der Waals surface area contributed by atoms with Crippen molar-refractivity contribution in [3.63, 3.8) is 0 Å². The number of hydrogen-bond donors (Lipinski definition) is 0. The second kappa shape index (κ2) is 5.77. The molecule has 0 saturated heterocycles. The zero-order valence-corrected chi connectivity index (χ0v) is 10.8. The highest BCUT2D eigenvalue weighted by atomic mass is 35.5. The van der Waals surface area contributed by atoms with Crippen LogP contribution < -0.4 is 4.90 Å². The minimum atomic E-state index is 0.413. The van der Waals surface area contributed by atoms with Gasteiger partial charge in [-0.1, -0.05) is 18.5 Å². The molecule has 1 aromatic carbocycles. The Morgan fingerprint density at radius 2 is 2.12 bits per heavy atom. The monoisotopic (exact) mass is 236 g/mol. The van der Waals surface area contributed by atoms with Gasteiger partial charge in [-0.25, -0.2) is 0 Å². The Morgan fingerprint density at radius 1 is 1.44 bits per heavy atom. The molecular formula is C13H17ClN2. The average molecular weight is 237 g/mol. The lowest BCUT2D eigenvalue weighted by Crippen LogP contribution is -2.32. The van der Waals surface area contributed by atoms with E-state index in [-0.39, 0.29) is 0 Å². The standard InChI is InChI=1S/C13H17ClN2/c1-4-10(3)16(5-2)13-8-12(14)7-6-11(13)9-15/h6-8,10H,4-5H2,1-3H3. The lowest BCUT2D eigenvalue weighted by molar-refractivity contribution is 0.629. The molecule has 0 spiro atoms. The first kappa shape index (κ1) is 12.9. The van der Waals surface area contributed by atoms with Gasteiger partial charge in [-0.2, -0.15) is 5.26 Å². The first-order valence-electron chi connectivity index (χ1n) is 5.60. The van der Waals surface area contributed by atoms with Crippen LogP contribution in [0.5, 0.6) is 0 Å². The van der Waals surface area contributed by atoms with E-state index in [0.29, 0.717) is 16.6 Å². The van der Waals surface area contributed by atoms with E-state index in [1.54, 1.807) is 12.1 Å². The highest BCUT2D eigenvalue weighted by molar-refractivity contribution is 6.30. The molecule has 1 unspecified atom stereocenters. The molecule has 0 aliphatic heterocycles. The number of nitrogens with zero attached hydrogens (tertiary/aromatic N) is 2. The van der Waals surface area contributed by atoms with Crippen LogP contribution in [0.25, 0.3) is 0 Å². The molecule has 3 heteroatoms. The predicted octanol–water partition coefficient (Wildman–Crippen LogP) is 3.84. The van der Waals surface area contributed by atoms with Crippen LogP contribution in [0.1, 0.15) is 32.8 Å². The summed E-state index contributed by atoms with van der Waals surface area (Å²) in [7, 11) is 0. The summed E-state index contributed by atoms with van der Waals surface area (Å²) in [6.45, 7) is 7.27. The lowest BCUT2D eigenvalue weighted by Gasteiger charge is -2.30. The van der Waals surface area contributed by atoms with Crippen LogP contribution in [0, 0.1) is 11.3 Å². The highest BCUT2D eigenvalue weighted by Crippen LogP contribution is 2.26. The van der Waals surface area contributed by atoms with E-state index in [1.807, 2.05) is 6.07 Å². The molecule has 1 aromatic rings. The molecule has 0 radical (unpaired) electrons. The molecule has 0 N–H and O–H groups in total. The molecule has 16 heavy (non-hydrogen) atoms. The van der Waals surface area contributed by atoms with E-state index in [9.17, 15) is 0 Å². The third-order valence-electron chi connectivity index (χ3n) is 2.85. The maximum Gasteiger partial charge on any atom is 0.101 e. The molecule has 86 valence electrons. The molecule has 0 aliphatic rings. The van der Waals surface area contributed by atoms with Crippen molar-refractivity contribution in [3.05, 3.63) is 28.8 Å². The Hall–Kier alpha value is -1.20. The number of nitriles is 1. The first-order valence-corrected chi connectivity index (χ1v) is 5.98. The van der Waals surface area contributed by atoms with Gasteiger partial charge in [-0.3, -0.25) is 0 Å². The Bertz CT molecular complexity index is 395. The van der Waals surface area contributed by atoms with Crippen molar-refractivity contribution in [2.45, 2.75) is 33.2 Å². The van der Waals surface area contributed by atoms with Gasteiger partial charge in [0.1, 0.15) is 6.07 Å². The molecule has 0 saturated carbocycles. The van der Waals surface area contributed by atoms with Crippen molar-refractivity contribution >= 4 is 17.3 Å². The number of hydrogen-bond acceptors (Lipinski definition) is 2. The summed E-state index contributed by atoms with van der Waals surface area (Å²) in [5, 5.41) is 9.77. The van der Waals surface area contributed by atoms with Crippen LogP contribution in [0.15, 0.2) is 18.2 Å². The van der Waals surface area contributed by atoms with Crippen molar-refractivity contribution < 1.29 is 0 Å². The maximum absolute atomic E-state index is 9.09. The topological polar surface area (TPSA) is 27.0 Å². The molecule has 0 aliphatic carbocycles. The zero-order valence-electron chi connectivity index (χ0n) is 10.00. The second-order valence-corrected chi connectivity index (χ2v) is 4.25. The summed E-state index contributed by atoms with van der Waals surface area (Å²) in [5.41, 5.74) is 1.62. The number of anilines is 1. The quantitative estimate of drug-likeness (QED) is 0.794. The smallest absolute Gasteiger partial charge is 0.101 e. The van der Waals surface area contributed by atoms with Gasteiger partial charge < -0.3 is 4.90 Å². The summed E-state index contributed by atoms with van der Waals surface area (Å²) in [6.07, 6.45) is 1.05. The van der Waals surface area contributed by atoms with Crippen LogP contribution in [0.3, 0.4) is 0 Å². The molecule has 1 rings (SSSR count). The van der Waals surface area contributed by atoms with Crippen LogP contribution in [0.4, 0.5) is 5.69 Å². The zero-order chi connectivity index (χ0) is 12.1. The Balaban J connectivity index is 3.18. The van der Waals surface area contributed by atoms with Gasteiger partial charge in [0.05, 0.1) is 11.3 Å². The van der Waals surface area contributed by atoms with Crippen molar-refractivity contribution in [1.82, 2.24) is 0 Å². The van der Waals surface area contributed by atoms with E-state index in [4.69, 9.17) is 16.9 Å². The second-order valence-electron chi connectivity index (χ2n) is 3.82. The third kappa shape index (κ3) is 2.68. The Kier molecular flexibility index (Phi) is 4.64. The third-order valence-corrected chi connectivity index (χ3v) is 3.09. The molecule has 0 amide bonds. The molecular weight excluding hydrogens is 220 g/mol. The maximum atomic E-state index is 9.09. The van der Waals surface area contributed by atoms with E-state index in [2.05, 4.69) is 31.7 Å². The average Bonchev–Trinajstić information content (AvgIpc) is 2.30. The van der Waals surface area contributed by atoms with Gasteiger partial charge in [0, 0.05) is 17.6 Å². The summed E-state index contributed by atoms with van der Waals surface area (Å²) in [6, 6.07) is 8.04. The summed E-state index contributed by atoms with van der Waals surface area (Å²) < 4.78 is 0. The predicted molar refractivity (Wildman–Crippen MR) is 68.9 cm³/mol. The van der Waals surface area contributed by atoms with Crippen LogP contribution in [-0.4, -0.2) is 12.6 Å². The minimum Gasteiger partial charge on any atom is -0.368 e. The molecule has 2 nitrogen and oxygen atoms in total. The van der Waals surface area contributed by atoms with Crippen molar-refractivity contribution in [2.75, 3.05) is 11.4 Å². The largest absolute Gasteiger partial charge is 0.368 e. The molecule has 0 fully saturated rings. The van der Waals surface area contributed by atoms with Gasteiger partial charge in [-0.15, -0.1) is 0 Å². The van der Waals surface area contributed by atoms with Crippen molar-refractivity contribution in [3.8, 4) is 6.07 Å². The number of benzene rings is 1. The number of halogens is 1. The molecule has 0 bridgehead atoms. The minimum absolute atomic E-state index is 0.413. The molecule has 0 aromatic heterocycles. The molecule has 0 heterocycles. The van der Waals surface area contributed by atoms with Crippen LogP contribution in [-0.2, 0) is 0 Å². The van der Waals surface area contributed by atoms with E-state index in [0.717, 1.165) is 18.7 Å². The van der Waals surface area contributed by atoms with Gasteiger partial charge >= 0.3 is 0 Å². The first-order chi connectivity index (χ1) is 7.63. The SMILES string of the molecule is CCC(C)N(CC)c1cc(Cl)ccc1C#N. The Morgan fingerprint density at radius 3 is 2.62 bits per heavy atom. The lowest BCUT2D eigenvalue weighted by atomic mass is 10.1. The van der Waals surface area contributed by atoms with Gasteiger partial charge in [0.2, 0.25) is 0 Å². The van der Waals surface area contributed by atoms with Gasteiger partial charge in [0.25, 0.3) is 0 Å².